The molecule has 0 saturated carbocycles. The van der Waals surface area contributed by atoms with Crippen molar-refractivity contribution in [2.45, 2.75) is 24.9 Å². The first-order chi connectivity index (χ1) is 12.9. The van der Waals surface area contributed by atoms with E-state index in [2.05, 4.69) is 9.68 Å². The van der Waals surface area contributed by atoms with Gasteiger partial charge in [-0.15, -0.1) is 0 Å². The molecule has 1 aromatic heterocycles. The molecule has 0 atom stereocenters. The molecular weight excluding hydrogens is 400 g/mol. The van der Waals surface area contributed by atoms with Crippen LogP contribution in [-0.2, 0) is 16.2 Å². The van der Waals surface area contributed by atoms with Crippen LogP contribution in [0.2, 0.25) is 0 Å². The fraction of sp³-hybridized carbons (Fsp3) is 0.167. The summed E-state index contributed by atoms with van der Waals surface area (Å²) in [7, 11) is -4.37. The van der Waals surface area contributed by atoms with Gasteiger partial charge < -0.3 is 4.52 Å². The molecule has 2 N–H and O–H groups in total. The highest BCUT2D eigenvalue weighted by molar-refractivity contribution is 7.89. The molecular formula is C18H14F4N2O3S. The molecule has 0 fully saturated rings. The molecule has 1 heterocycles. The molecule has 28 heavy (non-hydrogen) atoms. The third-order valence-corrected chi connectivity index (χ3v) is 5.20. The van der Waals surface area contributed by atoms with Crippen LogP contribution in [0.3, 0.4) is 0 Å². The summed E-state index contributed by atoms with van der Waals surface area (Å²) in [6, 6.07) is 7.39. The van der Waals surface area contributed by atoms with Gasteiger partial charge in [0.05, 0.1) is 5.56 Å². The van der Waals surface area contributed by atoms with Crippen LogP contribution >= 0.6 is 0 Å². The van der Waals surface area contributed by atoms with Crippen molar-refractivity contribution in [1.82, 2.24) is 5.16 Å². The normalized spacial score (nSPS) is 12.4. The number of rotatable bonds is 3. The average molecular weight is 414 g/mol. The topological polar surface area (TPSA) is 86.2 Å². The van der Waals surface area contributed by atoms with E-state index in [1.165, 1.54) is 0 Å². The summed E-state index contributed by atoms with van der Waals surface area (Å²) in [5, 5.41) is 8.44. The van der Waals surface area contributed by atoms with Crippen molar-refractivity contribution < 1.29 is 30.5 Å². The number of primary sulfonamides is 1. The standard InChI is InChI=1S/C18H14F4N2O3S/c1-9-3-4-12(7-10(9)2)16-15(17(27-24-16)18(20,21)22)11-5-6-14(13(19)8-11)28(23,25)26/h3-8H,1-2H3,(H2,23,25,26). The van der Waals surface area contributed by atoms with Gasteiger partial charge in [-0.2, -0.15) is 13.2 Å². The Kier molecular flexibility index (Phi) is 4.80. The fourth-order valence-electron chi connectivity index (χ4n) is 2.72. The molecule has 0 aliphatic carbocycles. The van der Waals surface area contributed by atoms with Gasteiger partial charge in [0.1, 0.15) is 16.4 Å². The molecule has 0 aliphatic rings. The third kappa shape index (κ3) is 3.65. The van der Waals surface area contributed by atoms with Gasteiger partial charge in [0.25, 0.3) is 0 Å². The SMILES string of the molecule is Cc1ccc(-c2noc(C(F)(F)F)c2-c2ccc(S(N)(=O)=O)c(F)c2)cc1C. The van der Waals surface area contributed by atoms with E-state index in [9.17, 15) is 26.0 Å². The highest BCUT2D eigenvalue weighted by Crippen LogP contribution is 2.43. The van der Waals surface area contributed by atoms with E-state index in [-0.39, 0.29) is 11.3 Å². The van der Waals surface area contributed by atoms with Gasteiger partial charge in [-0.25, -0.2) is 17.9 Å². The van der Waals surface area contributed by atoms with E-state index >= 15 is 0 Å². The summed E-state index contributed by atoms with van der Waals surface area (Å²) < 4.78 is 81.8. The molecule has 0 spiro atoms. The molecule has 3 rings (SSSR count). The van der Waals surface area contributed by atoms with Crippen LogP contribution in [0, 0.1) is 19.7 Å². The van der Waals surface area contributed by atoms with Crippen molar-refractivity contribution in [3.8, 4) is 22.4 Å². The number of alkyl halides is 3. The summed E-state index contributed by atoms with van der Waals surface area (Å²) in [5.41, 5.74) is 1.21. The minimum absolute atomic E-state index is 0.141. The molecule has 0 amide bonds. The molecule has 0 radical (unpaired) electrons. The zero-order valence-corrected chi connectivity index (χ0v) is 15.5. The molecule has 0 unspecified atom stereocenters. The second-order valence-electron chi connectivity index (χ2n) is 6.22. The van der Waals surface area contributed by atoms with Gasteiger partial charge in [0.2, 0.25) is 15.8 Å². The Hall–Kier alpha value is -2.72. The largest absolute Gasteiger partial charge is 0.453 e. The summed E-state index contributed by atoms with van der Waals surface area (Å²) >= 11 is 0. The van der Waals surface area contributed by atoms with E-state index in [0.29, 0.717) is 11.6 Å². The van der Waals surface area contributed by atoms with Crippen LogP contribution in [-0.4, -0.2) is 13.6 Å². The molecule has 0 saturated heterocycles. The van der Waals surface area contributed by atoms with Gasteiger partial charge in [-0.05, 0) is 48.7 Å². The van der Waals surface area contributed by atoms with Crippen molar-refractivity contribution in [3.63, 3.8) is 0 Å². The van der Waals surface area contributed by atoms with Gasteiger partial charge >= 0.3 is 6.18 Å². The molecule has 0 aliphatic heterocycles. The van der Waals surface area contributed by atoms with Crippen molar-refractivity contribution in [2.24, 2.45) is 5.14 Å². The van der Waals surface area contributed by atoms with E-state index in [0.717, 1.165) is 23.3 Å². The summed E-state index contributed by atoms with van der Waals surface area (Å²) in [6.07, 6.45) is -4.89. The maximum atomic E-state index is 14.2. The smallest absolute Gasteiger partial charge is 0.350 e. The molecule has 148 valence electrons. The number of benzene rings is 2. The quantitative estimate of drug-likeness (QED) is 0.643. The van der Waals surface area contributed by atoms with Crippen molar-refractivity contribution in [1.29, 1.82) is 0 Å². The van der Waals surface area contributed by atoms with Gasteiger partial charge in [-0.1, -0.05) is 23.4 Å². The van der Waals surface area contributed by atoms with Crippen LogP contribution < -0.4 is 5.14 Å². The summed E-state index contributed by atoms with van der Waals surface area (Å²) in [4.78, 5) is -0.825. The highest BCUT2D eigenvalue weighted by Gasteiger charge is 2.41. The van der Waals surface area contributed by atoms with Crippen LogP contribution in [0.25, 0.3) is 22.4 Å². The molecule has 5 nitrogen and oxygen atoms in total. The first-order valence-electron chi connectivity index (χ1n) is 7.87. The lowest BCUT2D eigenvalue weighted by Gasteiger charge is -2.09. The number of sulfonamides is 1. The van der Waals surface area contributed by atoms with Gasteiger partial charge in [-0.3, -0.25) is 0 Å². The summed E-state index contributed by atoms with van der Waals surface area (Å²) in [5.74, 6) is -2.69. The van der Waals surface area contributed by atoms with Crippen molar-refractivity contribution in [3.05, 3.63) is 59.1 Å². The first-order valence-corrected chi connectivity index (χ1v) is 9.41. The lowest BCUT2D eigenvalue weighted by atomic mass is 9.96. The molecule has 10 heteroatoms. The van der Waals surface area contributed by atoms with E-state index in [1.54, 1.807) is 25.1 Å². The van der Waals surface area contributed by atoms with Crippen LogP contribution in [0.5, 0.6) is 0 Å². The Morgan fingerprint density at radius 1 is 1.00 bits per heavy atom. The second kappa shape index (κ2) is 6.71. The fourth-order valence-corrected chi connectivity index (χ4v) is 3.31. The Bertz CT molecular complexity index is 1170. The van der Waals surface area contributed by atoms with E-state index in [1.807, 2.05) is 6.92 Å². The van der Waals surface area contributed by atoms with Crippen LogP contribution in [0.15, 0.2) is 45.8 Å². The highest BCUT2D eigenvalue weighted by atomic mass is 32.2. The van der Waals surface area contributed by atoms with Gasteiger partial charge in [0, 0.05) is 5.56 Å². The van der Waals surface area contributed by atoms with E-state index < -0.39 is 38.2 Å². The minimum atomic E-state index is -4.89. The molecule has 3 aromatic rings. The maximum Gasteiger partial charge on any atom is 0.453 e. The lowest BCUT2D eigenvalue weighted by Crippen LogP contribution is -2.14. The number of hydrogen-bond acceptors (Lipinski definition) is 4. The predicted molar refractivity (Wildman–Crippen MR) is 93.2 cm³/mol. The zero-order valence-electron chi connectivity index (χ0n) is 14.6. The number of aryl methyl sites for hydroxylation is 2. The third-order valence-electron chi connectivity index (χ3n) is 4.26. The van der Waals surface area contributed by atoms with Crippen molar-refractivity contribution >= 4 is 10.0 Å². The monoisotopic (exact) mass is 414 g/mol. The second-order valence-corrected chi connectivity index (χ2v) is 7.75. The summed E-state index contributed by atoms with van der Waals surface area (Å²) in [6.45, 7) is 3.62. The Morgan fingerprint density at radius 2 is 1.64 bits per heavy atom. The molecule has 2 aromatic carbocycles. The lowest BCUT2D eigenvalue weighted by molar-refractivity contribution is -0.154. The maximum absolute atomic E-state index is 14.2. The number of aromatic nitrogens is 1. The van der Waals surface area contributed by atoms with E-state index in [4.69, 9.17) is 5.14 Å². The Labute approximate surface area is 157 Å². The number of halogens is 4. The number of hydrogen-bond donors (Lipinski definition) is 1. The van der Waals surface area contributed by atoms with Crippen LogP contribution in [0.1, 0.15) is 16.9 Å². The van der Waals surface area contributed by atoms with Crippen molar-refractivity contribution in [2.75, 3.05) is 0 Å². The molecule has 0 bridgehead atoms. The zero-order chi connectivity index (χ0) is 20.9. The number of nitrogens with two attached hydrogens (primary N) is 1. The Morgan fingerprint density at radius 3 is 2.18 bits per heavy atom. The first kappa shape index (κ1) is 20.0. The minimum Gasteiger partial charge on any atom is -0.350 e. The van der Waals surface area contributed by atoms with Crippen LogP contribution in [0.4, 0.5) is 17.6 Å². The number of nitrogens with zero attached hydrogens (tertiary/aromatic N) is 1. The Balaban J connectivity index is 2.28. The van der Waals surface area contributed by atoms with Gasteiger partial charge in [0.15, 0.2) is 0 Å². The predicted octanol–water partition coefficient (Wildman–Crippen LogP) is 4.43. The average Bonchev–Trinajstić information content (AvgIpc) is 3.01.